The third-order valence-electron chi connectivity index (χ3n) is 1.77. The van der Waals surface area contributed by atoms with E-state index in [1.807, 2.05) is 5.16 Å². The fourth-order valence-corrected chi connectivity index (χ4v) is 1.15. The second-order valence-corrected chi connectivity index (χ2v) is 2.83. The Morgan fingerprint density at radius 1 is 1.62 bits per heavy atom. The molecular formula is C9H6N2O4S. The number of rotatable bonds is 3. The van der Waals surface area contributed by atoms with Crippen molar-refractivity contribution in [1.29, 1.82) is 0 Å². The second-order valence-electron chi connectivity index (χ2n) is 2.65. The number of ether oxygens (including phenoxy) is 1. The van der Waals surface area contributed by atoms with E-state index in [2.05, 4.69) is 17.2 Å². The maximum atomic E-state index is 11.3. The molecule has 7 heteroatoms. The van der Waals surface area contributed by atoms with Crippen molar-refractivity contribution in [1.82, 2.24) is 0 Å². The Morgan fingerprint density at radius 3 is 2.81 bits per heavy atom. The van der Waals surface area contributed by atoms with Gasteiger partial charge in [-0.25, -0.2) is 0 Å². The van der Waals surface area contributed by atoms with Gasteiger partial charge in [0.25, 0.3) is 5.91 Å². The number of nitro benzene ring substituents is 1. The summed E-state index contributed by atoms with van der Waals surface area (Å²) in [5, 5.41) is 12.5. The molecule has 0 fully saturated rings. The molecule has 0 heterocycles. The highest BCUT2D eigenvalue weighted by atomic mass is 32.1. The molecule has 6 nitrogen and oxygen atoms in total. The molecule has 0 unspecified atom stereocenters. The molecule has 0 N–H and O–H groups in total. The molecular weight excluding hydrogens is 232 g/mol. The predicted octanol–water partition coefficient (Wildman–Crippen LogP) is 1.85. The smallest absolute Gasteiger partial charge is 0.310 e. The van der Waals surface area contributed by atoms with Crippen molar-refractivity contribution >= 4 is 29.0 Å². The molecule has 0 spiro atoms. The molecule has 0 aliphatic rings. The Kier molecular flexibility index (Phi) is 3.82. The van der Waals surface area contributed by atoms with E-state index in [9.17, 15) is 14.9 Å². The van der Waals surface area contributed by atoms with Crippen LogP contribution >= 0.6 is 12.2 Å². The van der Waals surface area contributed by atoms with Gasteiger partial charge in [-0.05, 0) is 18.3 Å². The van der Waals surface area contributed by atoms with Crippen molar-refractivity contribution in [2.75, 3.05) is 7.11 Å². The Balaban J connectivity index is 3.23. The molecule has 0 aliphatic carbocycles. The van der Waals surface area contributed by atoms with E-state index in [4.69, 9.17) is 4.74 Å². The minimum absolute atomic E-state index is 0.00424. The van der Waals surface area contributed by atoms with E-state index >= 15 is 0 Å². The molecule has 1 amide bonds. The van der Waals surface area contributed by atoms with Crippen LogP contribution in [0.5, 0.6) is 5.75 Å². The quantitative estimate of drug-likeness (QED) is 0.347. The molecule has 1 aromatic rings. The van der Waals surface area contributed by atoms with Crippen LogP contribution in [0.3, 0.4) is 0 Å². The minimum Gasteiger partial charge on any atom is -0.490 e. The summed E-state index contributed by atoms with van der Waals surface area (Å²) in [4.78, 5) is 24.5. The topological polar surface area (TPSA) is 81.8 Å². The van der Waals surface area contributed by atoms with Crippen molar-refractivity contribution in [2.24, 2.45) is 4.99 Å². The van der Waals surface area contributed by atoms with E-state index in [1.165, 1.54) is 25.3 Å². The van der Waals surface area contributed by atoms with Gasteiger partial charge in [-0.2, -0.15) is 4.99 Å². The Hall–Kier alpha value is -2.11. The van der Waals surface area contributed by atoms with Gasteiger partial charge in [0.05, 0.1) is 17.2 Å². The monoisotopic (exact) mass is 238 g/mol. The van der Waals surface area contributed by atoms with Crippen LogP contribution in [0, 0.1) is 10.1 Å². The molecule has 0 atom stereocenters. The van der Waals surface area contributed by atoms with Gasteiger partial charge >= 0.3 is 5.69 Å². The van der Waals surface area contributed by atoms with Crippen molar-refractivity contribution in [3.05, 3.63) is 33.9 Å². The lowest BCUT2D eigenvalue weighted by molar-refractivity contribution is -0.385. The van der Waals surface area contributed by atoms with E-state index in [0.717, 1.165) is 0 Å². The van der Waals surface area contributed by atoms with Crippen LogP contribution < -0.4 is 4.74 Å². The zero-order valence-corrected chi connectivity index (χ0v) is 8.98. The molecule has 0 saturated carbocycles. The number of hydrogen-bond acceptors (Lipinski definition) is 5. The Labute approximate surface area is 95.7 Å². The normalized spacial score (nSPS) is 9.06. The summed E-state index contributed by atoms with van der Waals surface area (Å²) < 4.78 is 4.79. The molecule has 0 aliphatic heterocycles. The van der Waals surface area contributed by atoms with Gasteiger partial charge in [-0.1, -0.05) is 0 Å². The van der Waals surface area contributed by atoms with Gasteiger partial charge in [-0.15, -0.1) is 0 Å². The number of hydrogen-bond donors (Lipinski definition) is 0. The van der Waals surface area contributed by atoms with Gasteiger partial charge in [0.1, 0.15) is 0 Å². The maximum absolute atomic E-state index is 11.3. The first-order valence-electron chi connectivity index (χ1n) is 4.04. The fraction of sp³-hybridized carbons (Fsp3) is 0.111. The van der Waals surface area contributed by atoms with Crippen LogP contribution in [-0.2, 0) is 0 Å². The Morgan fingerprint density at radius 2 is 2.31 bits per heavy atom. The van der Waals surface area contributed by atoms with Gasteiger partial charge in [0.15, 0.2) is 5.75 Å². The standard InChI is InChI=1S/C9H6N2O4S/c1-15-8-4-6(9(12)10-5-16)2-3-7(8)11(13)14/h2-4H,1H3. The zero-order chi connectivity index (χ0) is 12.1. The molecule has 0 bridgehead atoms. The zero-order valence-electron chi connectivity index (χ0n) is 8.17. The van der Waals surface area contributed by atoms with Crippen molar-refractivity contribution in [2.45, 2.75) is 0 Å². The molecule has 0 aromatic heterocycles. The summed E-state index contributed by atoms with van der Waals surface area (Å²) in [6, 6.07) is 3.68. The van der Waals surface area contributed by atoms with Crippen molar-refractivity contribution in [3.8, 4) is 5.75 Å². The van der Waals surface area contributed by atoms with Crippen LogP contribution in [-0.4, -0.2) is 23.1 Å². The summed E-state index contributed by atoms with van der Waals surface area (Å²) in [7, 11) is 1.28. The number of carbonyl (C=O) groups excluding carboxylic acids is 1. The number of isothiocyanates is 1. The highest BCUT2D eigenvalue weighted by Gasteiger charge is 2.16. The largest absolute Gasteiger partial charge is 0.490 e. The summed E-state index contributed by atoms with van der Waals surface area (Å²) in [5.41, 5.74) is -0.0646. The number of thiocarbonyl (C=S) groups is 1. The van der Waals surface area contributed by atoms with Crippen molar-refractivity contribution in [3.63, 3.8) is 0 Å². The summed E-state index contributed by atoms with van der Waals surface area (Å²) in [6.07, 6.45) is 0. The van der Waals surface area contributed by atoms with Crippen LogP contribution in [0.2, 0.25) is 0 Å². The SMILES string of the molecule is COc1cc(C(=O)N=C=S)ccc1[N+](=O)[O-]. The third kappa shape index (κ3) is 2.47. The molecule has 1 rings (SSSR count). The average molecular weight is 238 g/mol. The first-order chi connectivity index (χ1) is 7.60. The second kappa shape index (κ2) is 5.11. The van der Waals surface area contributed by atoms with Gasteiger partial charge in [-0.3, -0.25) is 14.9 Å². The maximum Gasteiger partial charge on any atom is 0.310 e. The third-order valence-corrected chi connectivity index (χ3v) is 1.86. The van der Waals surface area contributed by atoms with Crippen LogP contribution in [0.25, 0.3) is 0 Å². The number of amides is 1. The van der Waals surface area contributed by atoms with Gasteiger partial charge in [0.2, 0.25) is 0 Å². The lowest BCUT2D eigenvalue weighted by atomic mass is 10.2. The highest BCUT2D eigenvalue weighted by molar-refractivity contribution is 7.78. The minimum atomic E-state index is -0.622. The lowest BCUT2D eigenvalue weighted by Gasteiger charge is -2.02. The first-order valence-corrected chi connectivity index (χ1v) is 4.45. The first kappa shape index (κ1) is 12.0. The van der Waals surface area contributed by atoms with E-state index in [-0.39, 0.29) is 17.0 Å². The van der Waals surface area contributed by atoms with Crippen LogP contribution in [0.1, 0.15) is 10.4 Å². The lowest BCUT2D eigenvalue weighted by Crippen LogP contribution is -1.98. The molecule has 16 heavy (non-hydrogen) atoms. The summed E-state index contributed by atoms with van der Waals surface area (Å²) >= 11 is 4.28. The van der Waals surface area contributed by atoms with E-state index < -0.39 is 10.8 Å². The number of nitro groups is 1. The number of carbonyl (C=O) groups is 1. The number of nitrogens with zero attached hydrogens (tertiary/aromatic N) is 2. The van der Waals surface area contributed by atoms with Crippen LogP contribution in [0.15, 0.2) is 23.2 Å². The fourth-order valence-electron chi connectivity index (χ4n) is 1.07. The van der Waals surface area contributed by atoms with Crippen LogP contribution in [0.4, 0.5) is 5.69 Å². The molecule has 0 saturated heterocycles. The van der Waals surface area contributed by atoms with Gasteiger partial charge < -0.3 is 4.74 Å². The molecule has 82 valence electrons. The Bertz CT molecular complexity index is 494. The number of aliphatic imine (C=N–C) groups is 1. The average Bonchev–Trinajstić information content (AvgIpc) is 2.28. The van der Waals surface area contributed by atoms with Crippen molar-refractivity contribution < 1.29 is 14.5 Å². The molecule has 0 radical (unpaired) electrons. The number of benzene rings is 1. The van der Waals surface area contributed by atoms with E-state index in [0.29, 0.717) is 0 Å². The number of methoxy groups -OCH3 is 1. The summed E-state index contributed by atoms with van der Waals surface area (Å²) in [6.45, 7) is 0. The highest BCUT2D eigenvalue weighted by Crippen LogP contribution is 2.27. The van der Waals surface area contributed by atoms with E-state index in [1.54, 1.807) is 0 Å². The summed E-state index contributed by atoms with van der Waals surface area (Å²) in [5.74, 6) is -0.626. The molecule has 1 aromatic carbocycles. The van der Waals surface area contributed by atoms with Gasteiger partial charge in [0, 0.05) is 17.7 Å². The predicted molar refractivity (Wildman–Crippen MR) is 59.0 cm³/mol.